The van der Waals surface area contributed by atoms with Crippen LogP contribution in [0.1, 0.15) is 12.0 Å². The Balaban J connectivity index is 1.84. The third-order valence-electron chi connectivity index (χ3n) is 4.76. The Bertz CT molecular complexity index is 1090. The van der Waals surface area contributed by atoms with Gasteiger partial charge in [-0.2, -0.15) is 0 Å². The van der Waals surface area contributed by atoms with Crippen LogP contribution in [-0.2, 0) is 4.79 Å². The molecule has 0 saturated carbocycles. The minimum absolute atomic E-state index is 0.0722. The van der Waals surface area contributed by atoms with E-state index in [9.17, 15) is 9.59 Å². The zero-order chi connectivity index (χ0) is 19.0. The van der Waals surface area contributed by atoms with Crippen molar-refractivity contribution in [1.82, 2.24) is 14.5 Å². The molecule has 138 valence electrons. The number of carbonyl (C=O) groups is 1. The zero-order valence-corrected chi connectivity index (χ0v) is 16.4. The van der Waals surface area contributed by atoms with Crippen molar-refractivity contribution in [3.05, 3.63) is 63.4 Å². The lowest BCUT2D eigenvalue weighted by molar-refractivity contribution is -0.131. The number of amides is 1. The number of rotatable bonds is 4. The van der Waals surface area contributed by atoms with E-state index in [1.54, 1.807) is 16.7 Å². The van der Waals surface area contributed by atoms with Crippen LogP contribution in [-0.4, -0.2) is 39.2 Å². The molecule has 7 heteroatoms. The third-order valence-corrected chi connectivity index (χ3v) is 6.09. The average Bonchev–Trinajstić information content (AvgIpc) is 2.62. The van der Waals surface area contributed by atoms with Crippen LogP contribution >= 0.6 is 23.4 Å². The summed E-state index contributed by atoms with van der Waals surface area (Å²) in [5, 5.41) is 1.62. The predicted octanol–water partition coefficient (Wildman–Crippen LogP) is 3.67. The van der Waals surface area contributed by atoms with E-state index >= 15 is 0 Å². The van der Waals surface area contributed by atoms with Crippen molar-refractivity contribution in [2.45, 2.75) is 18.5 Å². The van der Waals surface area contributed by atoms with E-state index in [-0.39, 0.29) is 17.2 Å². The highest BCUT2D eigenvalue weighted by atomic mass is 35.5. The molecule has 1 amide bonds. The molecule has 0 atom stereocenters. The van der Waals surface area contributed by atoms with Crippen LogP contribution in [0.2, 0.25) is 5.02 Å². The Kier molecular flexibility index (Phi) is 4.93. The summed E-state index contributed by atoms with van der Waals surface area (Å²) in [6, 6.07) is 12.7. The number of hydrogen-bond donors (Lipinski definition) is 0. The van der Waals surface area contributed by atoms with Gasteiger partial charge in [0, 0.05) is 18.1 Å². The molecular weight excluding hydrogens is 382 g/mol. The Morgan fingerprint density at radius 2 is 1.96 bits per heavy atom. The quantitative estimate of drug-likeness (QED) is 0.496. The van der Waals surface area contributed by atoms with E-state index in [2.05, 4.69) is 4.98 Å². The van der Waals surface area contributed by atoms with Gasteiger partial charge in [-0.1, -0.05) is 41.6 Å². The number of benzene rings is 2. The van der Waals surface area contributed by atoms with Crippen molar-refractivity contribution < 1.29 is 4.79 Å². The molecule has 0 N–H and O–H groups in total. The lowest BCUT2D eigenvalue weighted by atomic mass is 10.2. The summed E-state index contributed by atoms with van der Waals surface area (Å²) in [6.45, 7) is 3.49. The molecule has 0 bridgehead atoms. The highest BCUT2D eigenvalue weighted by Gasteiger charge is 2.22. The molecule has 3 aromatic rings. The van der Waals surface area contributed by atoms with Crippen molar-refractivity contribution in [2.24, 2.45) is 0 Å². The smallest absolute Gasteiger partial charge is 0.266 e. The van der Waals surface area contributed by atoms with Gasteiger partial charge in [0.25, 0.3) is 5.56 Å². The summed E-state index contributed by atoms with van der Waals surface area (Å²) < 4.78 is 1.57. The SMILES string of the molecule is Cc1c(Cl)cccc1-n1c(SCC(=O)N2CCC2)nc2ccccc2c1=O. The molecule has 1 aromatic heterocycles. The molecule has 5 nitrogen and oxygen atoms in total. The maximum Gasteiger partial charge on any atom is 0.266 e. The Labute approximate surface area is 166 Å². The highest BCUT2D eigenvalue weighted by molar-refractivity contribution is 7.99. The van der Waals surface area contributed by atoms with Crippen molar-refractivity contribution in [2.75, 3.05) is 18.8 Å². The monoisotopic (exact) mass is 399 g/mol. The number of halogens is 1. The summed E-state index contributed by atoms with van der Waals surface area (Å²) in [7, 11) is 0. The number of aromatic nitrogens is 2. The average molecular weight is 400 g/mol. The lowest BCUT2D eigenvalue weighted by Gasteiger charge is -2.30. The molecule has 0 unspecified atom stereocenters. The van der Waals surface area contributed by atoms with Crippen LogP contribution in [0, 0.1) is 6.92 Å². The van der Waals surface area contributed by atoms with Crippen LogP contribution in [0.5, 0.6) is 0 Å². The first-order chi connectivity index (χ1) is 13.1. The van der Waals surface area contributed by atoms with E-state index in [0.29, 0.717) is 26.8 Å². The number of nitrogens with zero attached hydrogens (tertiary/aromatic N) is 3. The fraction of sp³-hybridized carbons (Fsp3) is 0.250. The molecule has 1 aliphatic heterocycles. The Morgan fingerprint density at radius 3 is 2.70 bits per heavy atom. The van der Waals surface area contributed by atoms with Gasteiger partial charge in [0.2, 0.25) is 5.91 Å². The molecule has 2 heterocycles. The van der Waals surface area contributed by atoms with Gasteiger partial charge in [-0.25, -0.2) is 4.98 Å². The summed E-state index contributed by atoms with van der Waals surface area (Å²) >= 11 is 7.57. The molecular formula is C20H18ClN3O2S. The number of para-hydroxylation sites is 1. The highest BCUT2D eigenvalue weighted by Crippen LogP contribution is 2.27. The molecule has 4 rings (SSSR count). The lowest BCUT2D eigenvalue weighted by Crippen LogP contribution is -2.43. The Morgan fingerprint density at radius 1 is 1.19 bits per heavy atom. The molecule has 27 heavy (non-hydrogen) atoms. The van der Waals surface area contributed by atoms with Crippen LogP contribution in [0.15, 0.2) is 52.4 Å². The fourth-order valence-electron chi connectivity index (χ4n) is 3.04. The standard InChI is InChI=1S/C20H18ClN3O2S/c1-13-15(21)7-4-9-17(13)24-19(26)14-6-2-3-8-16(14)22-20(24)27-12-18(25)23-10-5-11-23/h2-4,6-9H,5,10-12H2,1H3. The molecule has 0 radical (unpaired) electrons. The minimum atomic E-state index is -0.162. The van der Waals surface area contributed by atoms with Crippen LogP contribution in [0.4, 0.5) is 0 Å². The summed E-state index contributed by atoms with van der Waals surface area (Å²) in [6.07, 6.45) is 1.05. The first-order valence-electron chi connectivity index (χ1n) is 8.74. The summed E-state index contributed by atoms with van der Waals surface area (Å²) in [5.74, 6) is 0.327. The van der Waals surface area contributed by atoms with Crippen molar-refractivity contribution in [3.8, 4) is 5.69 Å². The zero-order valence-electron chi connectivity index (χ0n) is 14.8. The summed E-state index contributed by atoms with van der Waals surface area (Å²) in [4.78, 5) is 32.0. The normalized spacial score (nSPS) is 13.6. The van der Waals surface area contributed by atoms with Crippen molar-refractivity contribution in [1.29, 1.82) is 0 Å². The van der Waals surface area contributed by atoms with Gasteiger partial charge >= 0.3 is 0 Å². The largest absolute Gasteiger partial charge is 0.342 e. The van der Waals surface area contributed by atoms with E-state index in [1.165, 1.54) is 11.8 Å². The number of likely N-dealkylation sites (tertiary alicyclic amines) is 1. The third kappa shape index (κ3) is 3.35. The van der Waals surface area contributed by atoms with Crippen LogP contribution in [0.3, 0.4) is 0 Å². The molecule has 1 fully saturated rings. The van der Waals surface area contributed by atoms with Gasteiger partial charge < -0.3 is 4.90 Å². The minimum Gasteiger partial charge on any atom is -0.342 e. The molecule has 1 aliphatic rings. The summed E-state index contributed by atoms with van der Waals surface area (Å²) in [5.41, 5.74) is 1.95. The van der Waals surface area contributed by atoms with E-state index < -0.39 is 0 Å². The van der Waals surface area contributed by atoms with Gasteiger partial charge in [-0.05, 0) is 43.2 Å². The molecule has 1 saturated heterocycles. The topological polar surface area (TPSA) is 55.2 Å². The van der Waals surface area contributed by atoms with Crippen molar-refractivity contribution in [3.63, 3.8) is 0 Å². The van der Waals surface area contributed by atoms with E-state index in [0.717, 1.165) is 25.1 Å². The van der Waals surface area contributed by atoms with Gasteiger partial charge in [0.15, 0.2) is 5.16 Å². The van der Waals surface area contributed by atoms with Gasteiger partial charge in [0.1, 0.15) is 0 Å². The molecule has 0 spiro atoms. The molecule has 2 aromatic carbocycles. The van der Waals surface area contributed by atoms with Crippen molar-refractivity contribution >= 4 is 40.2 Å². The first-order valence-corrected chi connectivity index (χ1v) is 10.1. The fourth-order valence-corrected chi connectivity index (χ4v) is 4.12. The first kappa shape index (κ1) is 18.1. The van der Waals surface area contributed by atoms with Gasteiger partial charge in [-0.3, -0.25) is 14.2 Å². The molecule has 0 aliphatic carbocycles. The van der Waals surface area contributed by atoms with Gasteiger partial charge in [0.05, 0.1) is 22.3 Å². The maximum atomic E-state index is 13.2. The van der Waals surface area contributed by atoms with Crippen LogP contribution < -0.4 is 5.56 Å². The van der Waals surface area contributed by atoms with E-state index in [1.807, 2.05) is 42.2 Å². The second-order valence-corrected chi connectivity index (χ2v) is 7.81. The second kappa shape index (κ2) is 7.37. The number of fused-ring (bicyclic) bond motifs is 1. The second-order valence-electron chi connectivity index (χ2n) is 6.46. The van der Waals surface area contributed by atoms with Gasteiger partial charge in [-0.15, -0.1) is 0 Å². The number of thioether (sulfide) groups is 1. The van der Waals surface area contributed by atoms with Crippen LogP contribution in [0.25, 0.3) is 16.6 Å². The Hall–Kier alpha value is -2.31. The number of carbonyl (C=O) groups excluding carboxylic acids is 1. The number of hydrogen-bond acceptors (Lipinski definition) is 4. The van der Waals surface area contributed by atoms with E-state index in [4.69, 9.17) is 11.6 Å². The predicted molar refractivity (Wildman–Crippen MR) is 109 cm³/mol. The maximum absolute atomic E-state index is 13.2.